The summed E-state index contributed by atoms with van der Waals surface area (Å²) in [7, 11) is 0. The van der Waals surface area contributed by atoms with Crippen LogP contribution < -0.4 is 5.32 Å². The zero-order chi connectivity index (χ0) is 12.5. The van der Waals surface area contributed by atoms with Crippen molar-refractivity contribution in [3.63, 3.8) is 0 Å². The molecule has 3 rings (SSSR count). The van der Waals surface area contributed by atoms with Crippen molar-refractivity contribution in [2.45, 2.75) is 52.0 Å². The average molecular weight is 247 g/mol. The Labute approximate surface area is 110 Å². The SMILES string of the molecule is CC1CCCC1CNCc1ccc(C2CC2C)o1. The first kappa shape index (κ1) is 12.3. The minimum Gasteiger partial charge on any atom is -0.464 e. The quantitative estimate of drug-likeness (QED) is 0.853. The molecule has 2 saturated carbocycles. The van der Waals surface area contributed by atoms with Gasteiger partial charge in [0.25, 0.3) is 0 Å². The molecule has 0 radical (unpaired) electrons. The first-order chi connectivity index (χ1) is 8.74. The van der Waals surface area contributed by atoms with Crippen LogP contribution in [-0.2, 0) is 6.54 Å². The summed E-state index contributed by atoms with van der Waals surface area (Å²) in [5.41, 5.74) is 0. The van der Waals surface area contributed by atoms with Crippen LogP contribution in [0.3, 0.4) is 0 Å². The van der Waals surface area contributed by atoms with Crippen molar-refractivity contribution in [1.82, 2.24) is 5.32 Å². The Hall–Kier alpha value is -0.760. The Balaban J connectivity index is 1.44. The van der Waals surface area contributed by atoms with Crippen LogP contribution in [0.4, 0.5) is 0 Å². The van der Waals surface area contributed by atoms with Crippen molar-refractivity contribution < 1.29 is 4.42 Å². The Morgan fingerprint density at radius 2 is 2.06 bits per heavy atom. The van der Waals surface area contributed by atoms with Gasteiger partial charge in [-0.1, -0.05) is 26.7 Å². The molecule has 2 fully saturated rings. The third kappa shape index (κ3) is 2.64. The van der Waals surface area contributed by atoms with Gasteiger partial charge in [0.1, 0.15) is 11.5 Å². The van der Waals surface area contributed by atoms with Crippen LogP contribution in [0.1, 0.15) is 57.0 Å². The standard InChI is InChI=1S/C16H25NO/c1-11-4-3-5-13(11)9-17-10-14-6-7-16(18-14)15-8-12(15)2/h6-7,11-13,15,17H,3-5,8-10H2,1-2H3. The first-order valence-electron chi connectivity index (χ1n) is 7.53. The van der Waals surface area contributed by atoms with Gasteiger partial charge in [-0.15, -0.1) is 0 Å². The number of furan rings is 1. The lowest BCUT2D eigenvalue weighted by molar-refractivity contribution is 0.375. The summed E-state index contributed by atoms with van der Waals surface area (Å²) < 4.78 is 5.91. The molecule has 2 heteroatoms. The van der Waals surface area contributed by atoms with E-state index in [4.69, 9.17) is 4.42 Å². The van der Waals surface area contributed by atoms with Crippen LogP contribution in [0.2, 0.25) is 0 Å². The third-order valence-corrected chi connectivity index (χ3v) is 4.90. The third-order valence-electron chi connectivity index (χ3n) is 4.90. The van der Waals surface area contributed by atoms with E-state index in [1.165, 1.54) is 31.4 Å². The van der Waals surface area contributed by atoms with Gasteiger partial charge >= 0.3 is 0 Å². The van der Waals surface area contributed by atoms with Crippen molar-refractivity contribution in [2.75, 3.05) is 6.54 Å². The molecule has 0 spiro atoms. The predicted molar refractivity (Wildman–Crippen MR) is 73.4 cm³/mol. The summed E-state index contributed by atoms with van der Waals surface area (Å²) in [4.78, 5) is 0. The van der Waals surface area contributed by atoms with E-state index >= 15 is 0 Å². The lowest BCUT2D eigenvalue weighted by atomic mass is 9.98. The normalized spacial score (nSPS) is 35.0. The van der Waals surface area contributed by atoms with Gasteiger partial charge in [0.2, 0.25) is 0 Å². The van der Waals surface area contributed by atoms with Crippen molar-refractivity contribution in [3.8, 4) is 0 Å². The largest absolute Gasteiger partial charge is 0.464 e. The monoisotopic (exact) mass is 247 g/mol. The second-order valence-electron chi connectivity index (χ2n) is 6.42. The van der Waals surface area contributed by atoms with E-state index in [-0.39, 0.29) is 0 Å². The second-order valence-corrected chi connectivity index (χ2v) is 6.42. The van der Waals surface area contributed by atoms with Crippen molar-refractivity contribution in [3.05, 3.63) is 23.7 Å². The number of hydrogen-bond donors (Lipinski definition) is 1. The lowest BCUT2D eigenvalue weighted by Gasteiger charge is -2.15. The van der Waals surface area contributed by atoms with Gasteiger partial charge in [-0.2, -0.15) is 0 Å². The minimum atomic E-state index is 0.702. The fourth-order valence-corrected chi connectivity index (χ4v) is 3.31. The van der Waals surface area contributed by atoms with E-state index in [0.717, 1.165) is 36.6 Å². The van der Waals surface area contributed by atoms with Crippen LogP contribution in [0.15, 0.2) is 16.5 Å². The first-order valence-corrected chi connectivity index (χ1v) is 7.53. The highest BCUT2D eigenvalue weighted by Crippen LogP contribution is 2.47. The molecule has 1 aromatic rings. The maximum Gasteiger partial charge on any atom is 0.117 e. The molecule has 2 aliphatic rings. The molecular weight excluding hydrogens is 222 g/mol. The van der Waals surface area contributed by atoms with Gasteiger partial charge in [-0.25, -0.2) is 0 Å². The summed E-state index contributed by atoms with van der Waals surface area (Å²) >= 11 is 0. The molecule has 0 aromatic carbocycles. The van der Waals surface area contributed by atoms with E-state index in [2.05, 4.69) is 31.3 Å². The molecule has 0 saturated heterocycles. The van der Waals surface area contributed by atoms with Crippen LogP contribution >= 0.6 is 0 Å². The summed E-state index contributed by atoms with van der Waals surface area (Å²) in [5, 5.41) is 3.56. The number of rotatable bonds is 5. The van der Waals surface area contributed by atoms with Crippen LogP contribution in [0, 0.1) is 17.8 Å². The molecule has 100 valence electrons. The Bertz CT molecular complexity index is 398. The highest BCUT2D eigenvalue weighted by molar-refractivity contribution is 5.17. The topological polar surface area (TPSA) is 25.2 Å². The molecule has 4 atom stereocenters. The molecule has 1 heterocycles. The summed E-state index contributed by atoms with van der Waals surface area (Å²) in [6, 6.07) is 4.31. The van der Waals surface area contributed by atoms with Gasteiger partial charge in [-0.05, 0) is 49.3 Å². The fraction of sp³-hybridized carbons (Fsp3) is 0.750. The second kappa shape index (κ2) is 5.08. The minimum absolute atomic E-state index is 0.702. The fourth-order valence-electron chi connectivity index (χ4n) is 3.31. The predicted octanol–water partition coefficient (Wildman–Crippen LogP) is 3.93. The lowest BCUT2D eigenvalue weighted by Crippen LogP contribution is -2.23. The summed E-state index contributed by atoms with van der Waals surface area (Å²) in [6.07, 6.45) is 5.53. The van der Waals surface area contributed by atoms with Gasteiger partial charge in [-0.3, -0.25) is 0 Å². The van der Waals surface area contributed by atoms with Crippen LogP contribution in [-0.4, -0.2) is 6.54 Å². The van der Waals surface area contributed by atoms with Crippen molar-refractivity contribution in [2.24, 2.45) is 17.8 Å². The van der Waals surface area contributed by atoms with E-state index in [1.54, 1.807) is 0 Å². The highest BCUT2D eigenvalue weighted by Gasteiger charge is 2.36. The van der Waals surface area contributed by atoms with Crippen LogP contribution in [0.25, 0.3) is 0 Å². The molecule has 0 bridgehead atoms. The number of nitrogens with one attached hydrogen (secondary N) is 1. The Morgan fingerprint density at radius 3 is 2.72 bits per heavy atom. The molecule has 1 aromatic heterocycles. The molecule has 1 N–H and O–H groups in total. The Morgan fingerprint density at radius 1 is 1.22 bits per heavy atom. The molecule has 0 aliphatic heterocycles. The number of hydrogen-bond acceptors (Lipinski definition) is 2. The van der Waals surface area contributed by atoms with Crippen LogP contribution in [0.5, 0.6) is 0 Å². The molecular formula is C16H25NO. The highest BCUT2D eigenvalue weighted by atomic mass is 16.3. The zero-order valence-electron chi connectivity index (χ0n) is 11.6. The van der Waals surface area contributed by atoms with E-state index in [1.807, 2.05) is 0 Å². The van der Waals surface area contributed by atoms with E-state index < -0.39 is 0 Å². The van der Waals surface area contributed by atoms with E-state index in [0.29, 0.717) is 5.92 Å². The smallest absolute Gasteiger partial charge is 0.117 e. The zero-order valence-corrected chi connectivity index (χ0v) is 11.6. The molecule has 2 nitrogen and oxygen atoms in total. The van der Waals surface area contributed by atoms with E-state index in [9.17, 15) is 0 Å². The van der Waals surface area contributed by atoms with Gasteiger partial charge < -0.3 is 9.73 Å². The van der Waals surface area contributed by atoms with Gasteiger partial charge in [0.05, 0.1) is 6.54 Å². The molecule has 2 aliphatic carbocycles. The molecule has 0 amide bonds. The van der Waals surface area contributed by atoms with Crippen molar-refractivity contribution >= 4 is 0 Å². The maximum absolute atomic E-state index is 5.91. The summed E-state index contributed by atoms with van der Waals surface area (Å²) in [5.74, 6) is 5.62. The molecule has 18 heavy (non-hydrogen) atoms. The Kier molecular flexibility index (Phi) is 3.47. The summed E-state index contributed by atoms with van der Waals surface area (Å²) in [6.45, 7) is 6.73. The molecule has 4 unspecified atom stereocenters. The maximum atomic E-state index is 5.91. The average Bonchev–Trinajstić information content (AvgIpc) is 2.78. The van der Waals surface area contributed by atoms with Crippen molar-refractivity contribution in [1.29, 1.82) is 0 Å². The van der Waals surface area contributed by atoms with Gasteiger partial charge in [0.15, 0.2) is 0 Å². The van der Waals surface area contributed by atoms with Gasteiger partial charge in [0, 0.05) is 5.92 Å².